The highest BCUT2D eigenvalue weighted by atomic mass is 32.2. The van der Waals surface area contributed by atoms with Crippen molar-refractivity contribution in [2.45, 2.75) is 24.3 Å². The van der Waals surface area contributed by atoms with E-state index in [1.54, 1.807) is 11.7 Å². The largest absolute Gasteiger partial charge is 0.293 e. The Kier molecular flexibility index (Phi) is 4.10. The summed E-state index contributed by atoms with van der Waals surface area (Å²) < 4.78 is 1.63. The summed E-state index contributed by atoms with van der Waals surface area (Å²) in [5.74, 6) is 5.10. The molecule has 3 N–H and O–H groups in total. The topological polar surface area (TPSA) is 85.8 Å². The molecule has 0 fully saturated rings. The van der Waals surface area contributed by atoms with Crippen LogP contribution in [0.25, 0.3) is 0 Å². The average Bonchev–Trinajstić information content (AvgIpc) is 2.59. The highest BCUT2D eigenvalue weighted by molar-refractivity contribution is 8.00. The van der Waals surface area contributed by atoms with Crippen molar-refractivity contribution in [2.75, 3.05) is 0 Å². The lowest BCUT2D eigenvalue weighted by Gasteiger charge is -2.17. The number of thioether (sulfide) groups is 1. The maximum absolute atomic E-state index is 11.5. The summed E-state index contributed by atoms with van der Waals surface area (Å²) in [7, 11) is 1.78. The molecule has 0 bridgehead atoms. The maximum Gasteiger partial charge on any atom is 0.247 e. The number of hydrogen-bond acceptors (Lipinski definition) is 5. The highest BCUT2D eigenvalue weighted by Crippen LogP contribution is 2.25. The number of nitrogens with zero attached hydrogens (tertiary/aromatic N) is 3. The van der Waals surface area contributed by atoms with Crippen LogP contribution in [0.5, 0.6) is 0 Å². The van der Waals surface area contributed by atoms with E-state index < -0.39 is 0 Å². The van der Waals surface area contributed by atoms with Gasteiger partial charge in [0.1, 0.15) is 6.33 Å². The Morgan fingerprint density at radius 2 is 2.33 bits per heavy atom. The summed E-state index contributed by atoms with van der Waals surface area (Å²) in [5.41, 5.74) is 2.16. The van der Waals surface area contributed by atoms with Crippen molar-refractivity contribution in [3.05, 3.63) is 6.33 Å². The molecule has 1 heterocycles. The smallest absolute Gasteiger partial charge is 0.247 e. The van der Waals surface area contributed by atoms with E-state index in [2.05, 4.69) is 15.5 Å². The van der Waals surface area contributed by atoms with Crippen molar-refractivity contribution in [2.24, 2.45) is 18.8 Å². The van der Waals surface area contributed by atoms with Gasteiger partial charge in [-0.3, -0.25) is 10.2 Å². The third-order valence-corrected chi connectivity index (χ3v) is 3.50. The van der Waals surface area contributed by atoms with Gasteiger partial charge in [-0.25, -0.2) is 15.5 Å². The first kappa shape index (κ1) is 12.0. The van der Waals surface area contributed by atoms with Gasteiger partial charge in [0.2, 0.25) is 5.91 Å². The molecular formula is C8H15N5OS. The van der Waals surface area contributed by atoms with Crippen LogP contribution in [0, 0.1) is 5.92 Å². The van der Waals surface area contributed by atoms with Crippen LogP contribution < -0.4 is 11.3 Å². The SMILES string of the molecule is CC(C)C(Sc1ncnn1C)C(=O)NN. The van der Waals surface area contributed by atoms with Crippen LogP contribution in [0.15, 0.2) is 11.5 Å². The zero-order valence-electron chi connectivity index (χ0n) is 8.97. The molecule has 0 spiro atoms. The van der Waals surface area contributed by atoms with Gasteiger partial charge in [0.25, 0.3) is 0 Å². The van der Waals surface area contributed by atoms with Gasteiger partial charge in [-0.2, -0.15) is 5.10 Å². The minimum atomic E-state index is -0.252. The van der Waals surface area contributed by atoms with E-state index in [-0.39, 0.29) is 17.1 Å². The zero-order chi connectivity index (χ0) is 11.4. The molecular weight excluding hydrogens is 214 g/mol. The van der Waals surface area contributed by atoms with Gasteiger partial charge in [-0.05, 0) is 5.92 Å². The van der Waals surface area contributed by atoms with Gasteiger partial charge >= 0.3 is 0 Å². The summed E-state index contributed by atoms with van der Waals surface area (Å²) in [6.07, 6.45) is 1.46. The molecule has 0 aliphatic rings. The fourth-order valence-electron chi connectivity index (χ4n) is 1.08. The lowest BCUT2D eigenvalue weighted by Crippen LogP contribution is -2.40. The Labute approximate surface area is 92.6 Å². The minimum absolute atomic E-state index is 0.176. The summed E-state index contributed by atoms with van der Waals surface area (Å²) in [4.78, 5) is 15.5. The monoisotopic (exact) mass is 229 g/mol. The fraction of sp³-hybridized carbons (Fsp3) is 0.625. The van der Waals surface area contributed by atoms with Crippen molar-refractivity contribution in [3.63, 3.8) is 0 Å². The number of carbonyl (C=O) groups is 1. The number of hydrazine groups is 1. The predicted octanol–water partition coefficient (Wildman–Crippen LogP) is -0.0783. The number of aromatic nitrogens is 3. The Balaban J connectivity index is 2.76. The number of rotatable bonds is 4. The Morgan fingerprint density at radius 3 is 2.73 bits per heavy atom. The molecule has 1 unspecified atom stereocenters. The van der Waals surface area contributed by atoms with E-state index in [9.17, 15) is 4.79 Å². The number of nitrogens with two attached hydrogens (primary N) is 1. The van der Waals surface area contributed by atoms with Crippen LogP contribution >= 0.6 is 11.8 Å². The molecule has 0 radical (unpaired) electrons. The van der Waals surface area contributed by atoms with Crippen molar-refractivity contribution in [1.29, 1.82) is 0 Å². The quantitative estimate of drug-likeness (QED) is 0.326. The molecule has 0 saturated carbocycles. The number of amides is 1. The molecule has 6 nitrogen and oxygen atoms in total. The molecule has 1 atom stereocenters. The number of hydrogen-bond donors (Lipinski definition) is 2. The number of carbonyl (C=O) groups excluding carboxylic acids is 1. The number of aryl methyl sites for hydroxylation is 1. The lowest BCUT2D eigenvalue weighted by atomic mass is 10.1. The summed E-state index contributed by atoms with van der Waals surface area (Å²) in [6, 6.07) is 0. The molecule has 1 aromatic heterocycles. The maximum atomic E-state index is 11.5. The van der Waals surface area contributed by atoms with Crippen LogP contribution in [-0.4, -0.2) is 25.9 Å². The second-order valence-electron chi connectivity index (χ2n) is 3.46. The molecule has 7 heteroatoms. The minimum Gasteiger partial charge on any atom is -0.293 e. The standard InChI is InChI=1S/C8H15N5OS/c1-5(2)6(7(14)12-9)15-8-10-4-11-13(8)3/h4-6H,9H2,1-3H3,(H,12,14). The van der Waals surface area contributed by atoms with Crippen LogP contribution in [0.1, 0.15) is 13.8 Å². The van der Waals surface area contributed by atoms with E-state index >= 15 is 0 Å². The average molecular weight is 229 g/mol. The molecule has 1 aromatic rings. The summed E-state index contributed by atoms with van der Waals surface area (Å²) in [5, 5.41) is 4.39. The lowest BCUT2D eigenvalue weighted by molar-refractivity contribution is -0.121. The molecule has 0 aromatic carbocycles. The Bertz CT molecular complexity index is 338. The molecule has 15 heavy (non-hydrogen) atoms. The first-order valence-corrected chi connectivity index (χ1v) is 5.45. The van der Waals surface area contributed by atoms with E-state index in [0.29, 0.717) is 5.16 Å². The van der Waals surface area contributed by atoms with Gasteiger partial charge in [0.05, 0.1) is 5.25 Å². The van der Waals surface area contributed by atoms with E-state index in [0.717, 1.165) is 0 Å². The third-order valence-electron chi connectivity index (χ3n) is 1.91. The molecule has 84 valence electrons. The van der Waals surface area contributed by atoms with E-state index in [1.807, 2.05) is 13.8 Å². The van der Waals surface area contributed by atoms with Crippen molar-refractivity contribution in [3.8, 4) is 0 Å². The van der Waals surface area contributed by atoms with Crippen molar-refractivity contribution >= 4 is 17.7 Å². The Hall–Kier alpha value is -1.08. The van der Waals surface area contributed by atoms with Gasteiger partial charge in [-0.1, -0.05) is 25.6 Å². The van der Waals surface area contributed by atoms with E-state index in [4.69, 9.17) is 5.84 Å². The van der Waals surface area contributed by atoms with Gasteiger partial charge in [-0.15, -0.1) is 0 Å². The molecule has 1 rings (SSSR count). The predicted molar refractivity (Wildman–Crippen MR) is 57.8 cm³/mol. The Morgan fingerprint density at radius 1 is 1.67 bits per heavy atom. The normalized spacial score (nSPS) is 12.9. The third kappa shape index (κ3) is 2.93. The molecule has 0 saturated heterocycles. The number of nitrogens with one attached hydrogen (secondary N) is 1. The second kappa shape index (κ2) is 5.13. The fourth-order valence-corrected chi connectivity index (χ4v) is 2.06. The highest BCUT2D eigenvalue weighted by Gasteiger charge is 2.24. The van der Waals surface area contributed by atoms with Crippen LogP contribution in [-0.2, 0) is 11.8 Å². The molecule has 0 aliphatic carbocycles. The van der Waals surface area contributed by atoms with Crippen molar-refractivity contribution < 1.29 is 4.79 Å². The summed E-state index contributed by atoms with van der Waals surface area (Å²) >= 11 is 1.36. The zero-order valence-corrected chi connectivity index (χ0v) is 9.78. The first-order chi connectivity index (χ1) is 7.06. The van der Waals surface area contributed by atoms with Gasteiger partial charge in [0.15, 0.2) is 5.16 Å². The van der Waals surface area contributed by atoms with Crippen LogP contribution in [0.3, 0.4) is 0 Å². The molecule has 1 amide bonds. The summed E-state index contributed by atoms with van der Waals surface area (Å²) in [6.45, 7) is 3.92. The van der Waals surface area contributed by atoms with Gasteiger partial charge in [0, 0.05) is 7.05 Å². The first-order valence-electron chi connectivity index (χ1n) is 4.57. The van der Waals surface area contributed by atoms with Gasteiger partial charge < -0.3 is 0 Å². The van der Waals surface area contributed by atoms with E-state index in [1.165, 1.54) is 18.1 Å². The second-order valence-corrected chi connectivity index (χ2v) is 4.57. The van der Waals surface area contributed by atoms with Crippen LogP contribution in [0.4, 0.5) is 0 Å². The van der Waals surface area contributed by atoms with Crippen LogP contribution in [0.2, 0.25) is 0 Å². The van der Waals surface area contributed by atoms with Crippen molar-refractivity contribution in [1.82, 2.24) is 20.2 Å². The molecule has 0 aliphatic heterocycles.